The fourth-order valence-electron chi connectivity index (χ4n) is 7.62. The second-order valence-corrected chi connectivity index (χ2v) is 13.6. The predicted molar refractivity (Wildman–Crippen MR) is 131 cm³/mol. The van der Waals surface area contributed by atoms with Gasteiger partial charge in [0.05, 0.1) is 11.7 Å². The van der Waals surface area contributed by atoms with Gasteiger partial charge in [-0.1, -0.05) is 19.9 Å². The highest BCUT2D eigenvalue weighted by Crippen LogP contribution is 2.58. The highest BCUT2D eigenvalue weighted by Gasteiger charge is 2.59. The number of carbonyl (C=O) groups excluding carboxylic acids is 2. The Morgan fingerprint density at radius 3 is 2.32 bits per heavy atom. The molecule has 0 heterocycles. The lowest BCUT2D eigenvalue weighted by atomic mass is 9.52. The number of hydrogen-bond acceptors (Lipinski definition) is 8. The molecule has 5 aliphatic rings. The van der Waals surface area contributed by atoms with Crippen LogP contribution in [0.15, 0.2) is 12.2 Å². The Labute approximate surface area is 222 Å². The van der Waals surface area contributed by atoms with Gasteiger partial charge in [0.1, 0.15) is 17.8 Å². The molecule has 0 aliphatic heterocycles. The number of esters is 2. The molecule has 0 aromatic carbocycles. The fraction of sp³-hybridized carbons (Fsp3) is 0.846. The molecular weight excluding hydrogens is 526 g/mol. The number of aliphatic hydroxyl groups is 1. The maximum atomic E-state index is 14.0. The first-order valence-electron chi connectivity index (χ1n) is 13.3. The van der Waals surface area contributed by atoms with Crippen LogP contribution in [0.2, 0.25) is 0 Å². The van der Waals surface area contributed by atoms with Gasteiger partial charge < -0.3 is 19.3 Å². The molecule has 4 bridgehead atoms. The summed E-state index contributed by atoms with van der Waals surface area (Å²) in [5, 5.41) is 5.77. The van der Waals surface area contributed by atoms with E-state index >= 15 is 0 Å². The van der Waals surface area contributed by atoms with Gasteiger partial charge in [-0.3, -0.25) is 4.55 Å². The zero-order chi connectivity index (χ0) is 28.1. The summed E-state index contributed by atoms with van der Waals surface area (Å²) in [6.07, 6.45) is 7.92. The van der Waals surface area contributed by atoms with Gasteiger partial charge >= 0.3 is 27.3 Å². The van der Waals surface area contributed by atoms with Crippen LogP contribution in [0.4, 0.5) is 8.78 Å². The summed E-state index contributed by atoms with van der Waals surface area (Å²) in [6.45, 7) is 4.90. The molecule has 6 unspecified atom stereocenters. The highest BCUT2D eigenvalue weighted by molar-refractivity contribution is 7.87. The number of ether oxygens (including phenoxy) is 3. The SMILES string of the molecule is CCC1(OC(=O)C(F)(F)S(=O)(=O)O)C=CC(C)CC1CC(C)OCC(=O)OC12CC3CC(CC(O)(C3)C1)C2. The molecule has 0 saturated heterocycles. The molecular formula is C26H38F2O9S. The van der Waals surface area contributed by atoms with Crippen molar-refractivity contribution in [2.75, 3.05) is 6.61 Å². The average molecular weight is 565 g/mol. The van der Waals surface area contributed by atoms with Gasteiger partial charge in [-0.05, 0) is 82.1 Å². The molecule has 0 aromatic heterocycles. The summed E-state index contributed by atoms with van der Waals surface area (Å²) in [4.78, 5) is 24.9. The summed E-state index contributed by atoms with van der Waals surface area (Å²) in [6, 6.07) is 0. The lowest BCUT2D eigenvalue weighted by Crippen LogP contribution is -2.60. The van der Waals surface area contributed by atoms with Gasteiger partial charge in [-0.15, -0.1) is 0 Å². The maximum absolute atomic E-state index is 14.0. The standard InChI is InChI=1S/C26H38F2O9S/c1-4-25(37-22(30)26(27,28)38(32,33)34)6-5-16(2)7-20(25)8-17(3)35-14-21(29)36-24-12-18-9-19(13-24)11-23(31,10-18)15-24/h5-6,16-20,31H,4,7-15H2,1-3H3,(H,32,33,34). The molecule has 0 radical (unpaired) electrons. The molecule has 5 aliphatic carbocycles. The normalized spacial score (nSPS) is 39.1. The minimum atomic E-state index is -6.00. The van der Waals surface area contributed by atoms with E-state index in [0.717, 1.165) is 32.1 Å². The molecule has 2 N–H and O–H groups in total. The van der Waals surface area contributed by atoms with Crippen LogP contribution in [0.5, 0.6) is 0 Å². The first-order chi connectivity index (χ1) is 17.5. The minimum absolute atomic E-state index is 0.0273. The largest absolute Gasteiger partial charge is 0.465 e. The van der Waals surface area contributed by atoms with E-state index in [1.165, 1.54) is 6.08 Å². The van der Waals surface area contributed by atoms with Crippen LogP contribution < -0.4 is 0 Å². The van der Waals surface area contributed by atoms with E-state index in [4.69, 9.17) is 18.8 Å². The molecule has 4 saturated carbocycles. The van der Waals surface area contributed by atoms with E-state index in [0.29, 0.717) is 24.7 Å². The summed E-state index contributed by atoms with van der Waals surface area (Å²) in [7, 11) is -6.00. The van der Waals surface area contributed by atoms with Crippen molar-refractivity contribution in [1.29, 1.82) is 0 Å². The fourth-order valence-corrected chi connectivity index (χ4v) is 7.87. The van der Waals surface area contributed by atoms with Crippen LogP contribution in [0.1, 0.15) is 78.6 Å². The van der Waals surface area contributed by atoms with Crippen molar-refractivity contribution >= 4 is 22.1 Å². The second-order valence-electron chi connectivity index (χ2n) is 12.2. The van der Waals surface area contributed by atoms with Crippen molar-refractivity contribution in [2.24, 2.45) is 23.7 Å². The van der Waals surface area contributed by atoms with Gasteiger partial charge in [0.2, 0.25) is 0 Å². The van der Waals surface area contributed by atoms with Crippen LogP contribution in [-0.4, -0.2) is 64.8 Å². The predicted octanol–water partition coefficient (Wildman–Crippen LogP) is 3.79. The molecule has 0 aromatic rings. The van der Waals surface area contributed by atoms with Crippen LogP contribution in [0.3, 0.4) is 0 Å². The van der Waals surface area contributed by atoms with Gasteiger partial charge in [0.25, 0.3) is 0 Å². The summed E-state index contributed by atoms with van der Waals surface area (Å²) < 4.78 is 75.6. The lowest BCUT2D eigenvalue weighted by molar-refractivity contribution is -0.222. The topological polar surface area (TPSA) is 136 Å². The molecule has 12 heteroatoms. The van der Waals surface area contributed by atoms with Gasteiger partial charge in [-0.2, -0.15) is 17.2 Å². The highest BCUT2D eigenvalue weighted by atomic mass is 32.2. The first-order valence-corrected chi connectivity index (χ1v) is 14.8. The quantitative estimate of drug-likeness (QED) is 0.231. The van der Waals surface area contributed by atoms with Gasteiger partial charge in [0, 0.05) is 12.3 Å². The molecule has 5 rings (SSSR count). The van der Waals surface area contributed by atoms with Crippen molar-refractivity contribution < 1.29 is 50.7 Å². The Kier molecular flexibility index (Phi) is 7.79. The zero-order valence-corrected chi connectivity index (χ0v) is 22.8. The van der Waals surface area contributed by atoms with Crippen LogP contribution in [0, 0.1) is 23.7 Å². The Balaban J connectivity index is 1.37. The molecule has 6 atom stereocenters. The van der Waals surface area contributed by atoms with E-state index < -0.39 is 56.1 Å². The molecule has 4 fully saturated rings. The monoisotopic (exact) mass is 564 g/mol. The van der Waals surface area contributed by atoms with E-state index in [1.807, 2.05) is 6.92 Å². The summed E-state index contributed by atoms with van der Waals surface area (Å²) in [5.74, 6) is -2.65. The Hall–Kier alpha value is -1.63. The van der Waals surface area contributed by atoms with Gasteiger partial charge in [-0.25, -0.2) is 9.59 Å². The van der Waals surface area contributed by atoms with Crippen molar-refractivity contribution in [3.05, 3.63) is 12.2 Å². The number of rotatable bonds is 10. The lowest BCUT2D eigenvalue weighted by Gasteiger charge is -2.59. The Morgan fingerprint density at radius 2 is 1.76 bits per heavy atom. The number of carbonyl (C=O) groups is 2. The molecule has 0 amide bonds. The van der Waals surface area contributed by atoms with E-state index in [9.17, 15) is 31.9 Å². The van der Waals surface area contributed by atoms with Crippen molar-refractivity contribution in [2.45, 2.75) is 107 Å². The van der Waals surface area contributed by atoms with Crippen LogP contribution in [0.25, 0.3) is 0 Å². The first kappa shape index (κ1) is 29.4. The number of halogens is 2. The summed E-state index contributed by atoms with van der Waals surface area (Å²) in [5.41, 5.74) is -2.96. The third-order valence-corrected chi connectivity index (χ3v) is 9.67. The third-order valence-electron chi connectivity index (χ3n) is 8.86. The van der Waals surface area contributed by atoms with E-state index in [-0.39, 0.29) is 25.4 Å². The number of alkyl halides is 2. The Bertz CT molecular complexity index is 1060. The zero-order valence-electron chi connectivity index (χ0n) is 22.0. The number of allylic oxidation sites excluding steroid dienone is 1. The molecule has 9 nitrogen and oxygen atoms in total. The molecule has 0 spiro atoms. The maximum Gasteiger partial charge on any atom is 0.465 e. The molecule has 38 heavy (non-hydrogen) atoms. The molecule has 216 valence electrons. The van der Waals surface area contributed by atoms with Crippen LogP contribution in [-0.2, 0) is 33.9 Å². The third kappa shape index (κ3) is 5.78. The second kappa shape index (κ2) is 10.1. The van der Waals surface area contributed by atoms with E-state index in [2.05, 4.69) is 0 Å². The van der Waals surface area contributed by atoms with Crippen LogP contribution >= 0.6 is 0 Å². The van der Waals surface area contributed by atoms with Gasteiger partial charge in [0.15, 0.2) is 0 Å². The minimum Gasteiger partial charge on any atom is -0.457 e. The summed E-state index contributed by atoms with van der Waals surface area (Å²) >= 11 is 0. The van der Waals surface area contributed by atoms with E-state index in [1.54, 1.807) is 19.9 Å². The smallest absolute Gasteiger partial charge is 0.457 e. The Morgan fingerprint density at radius 1 is 1.13 bits per heavy atom. The van der Waals surface area contributed by atoms with Crippen molar-refractivity contribution in [3.63, 3.8) is 0 Å². The number of hydrogen-bond donors (Lipinski definition) is 2. The average Bonchev–Trinajstić information content (AvgIpc) is 2.76. The van der Waals surface area contributed by atoms with Crippen molar-refractivity contribution in [1.82, 2.24) is 0 Å². The van der Waals surface area contributed by atoms with Crippen molar-refractivity contribution in [3.8, 4) is 0 Å².